The second kappa shape index (κ2) is 4.14. The summed E-state index contributed by atoms with van der Waals surface area (Å²) in [6.07, 6.45) is 0. The lowest BCUT2D eigenvalue weighted by Gasteiger charge is -1.96. The Bertz CT molecular complexity index is 406. The van der Waals surface area contributed by atoms with Gasteiger partial charge in [-0.2, -0.15) is 0 Å². The van der Waals surface area contributed by atoms with E-state index in [1.165, 1.54) is 11.8 Å². The highest BCUT2D eigenvalue weighted by Crippen LogP contribution is 2.21. The monoisotopic (exact) mass is 270 g/mol. The normalized spacial score (nSPS) is 18.6. The molecule has 0 bridgehead atoms. The van der Waals surface area contributed by atoms with Crippen LogP contribution in [0.3, 0.4) is 0 Å². The van der Waals surface area contributed by atoms with Crippen molar-refractivity contribution in [3.8, 4) is 0 Å². The van der Waals surface area contributed by atoms with Crippen LogP contribution in [0.1, 0.15) is 0 Å². The minimum Gasteiger partial charge on any atom is -0.304 e. The maximum Gasteiger partial charge on any atom is 0.236 e. The third kappa shape index (κ3) is 2.36. The van der Waals surface area contributed by atoms with Crippen LogP contribution >= 0.6 is 27.7 Å². The molecule has 1 heterocycles. The number of amidine groups is 1. The highest BCUT2D eigenvalue weighted by atomic mass is 79.9. The van der Waals surface area contributed by atoms with Crippen LogP contribution in [0.2, 0.25) is 0 Å². The second-order valence-electron chi connectivity index (χ2n) is 2.73. The van der Waals surface area contributed by atoms with Crippen LogP contribution in [0.4, 0.5) is 5.69 Å². The van der Waals surface area contributed by atoms with Crippen LogP contribution in [-0.4, -0.2) is 16.8 Å². The molecule has 1 aromatic rings. The number of rotatable bonds is 1. The molecule has 1 aliphatic rings. The summed E-state index contributed by atoms with van der Waals surface area (Å²) in [5.41, 5.74) is 0.837. The van der Waals surface area contributed by atoms with Crippen LogP contribution in [0, 0.1) is 0 Å². The first kappa shape index (κ1) is 9.73. The standard InChI is InChI=1S/C9H7BrN2OS/c10-6-2-1-3-7(4-6)11-9-12-8(13)5-14-9/h1-4H,5H2,(H,11,12,13). The Morgan fingerprint density at radius 3 is 3.00 bits per heavy atom. The topological polar surface area (TPSA) is 41.5 Å². The van der Waals surface area contributed by atoms with E-state index >= 15 is 0 Å². The number of benzene rings is 1. The molecule has 0 unspecified atom stereocenters. The molecule has 1 N–H and O–H groups in total. The smallest absolute Gasteiger partial charge is 0.236 e. The van der Waals surface area contributed by atoms with E-state index in [1.54, 1.807) is 0 Å². The van der Waals surface area contributed by atoms with Gasteiger partial charge in [-0.25, -0.2) is 4.99 Å². The number of amides is 1. The third-order valence-corrected chi connectivity index (χ3v) is 2.99. The Morgan fingerprint density at radius 1 is 1.50 bits per heavy atom. The van der Waals surface area contributed by atoms with Crippen molar-refractivity contribution in [2.75, 3.05) is 5.75 Å². The maximum absolute atomic E-state index is 10.9. The quantitative estimate of drug-likeness (QED) is 0.851. The van der Waals surface area contributed by atoms with Gasteiger partial charge in [-0.3, -0.25) is 4.79 Å². The Morgan fingerprint density at radius 2 is 2.36 bits per heavy atom. The highest BCUT2D eigenvalue weighted by molar-refractivity contribution is 9.10. The largest absolute Gasteiger partial charge is 0.304 e. The van der Waals surface area contributed by atoms with Gasteiger partial charge in [0.25, 0.3) is 0 Å². The lowest BCUT2D eigenvalue weighted by molar-refractivity contribution is -0.116. The molecule has 2 rings (SSSR count). The zero-order chi connectivity index (χ0) is 9.97. The van der Waals surface area contributed by atoms with Gasteiger partial charge in [0, 0.05) is 4.47 Å². The summed E-state index contributed by atoms with van der Waals surface area (Å²) >= 11 is 4.79. The van der Waals surface area contributed by atoms with Crippen LogP contribution in [0.5, 0.6) is 0 Å². The zero-order valence-electron chi connectivity index (χ0n) is 7.16. The third-order valence-electron chi connectivity index (χ3n) is 1.63. The van der Waals surface area contributed by atoms with E-state index in [0.29, 0.717) is 10.9 Å². The fourth-order valence-electron chi connectivity index (χ4n) is 1.05. The minimum atomic E-state index is 0.0174. The molecule has 0 spiro atoms. The Hall–Kier alpha value is -0.810. The van der Waals surface area contributed by atoms with Gasteiger partial charge in [-0.05, 0) is 18.2 Å². The molecule has 3 nitrogen and oxygen atoms in total. The van der Waals surface area contributed by atoms with Crippen molar-refractivity contribution in [1.82, 2.24) is 5.32 Å². The van der Waals surface area contributed by atoms with E-state index in [4.69, 9.17) is 0 Å². The molecule has 14 heavy (non-hydrogen) atoms. The van der Waals surface area contributed by atoms with E-state index in [0.717, 1.165) is 10.2 Å². The van der Waals surface area contributed by atoms with Crippen LogP contribution in [-0.2, 0) is 4.79 Å². The van der Waals surface area contributed by atoms with Gasteiger partial charge in [0.1, 0.15) is 0 Å². The van der Waals surface area contributed by atoms with Crippen LogP contribution < -0.4 is 5.32 Å². The number of thioether (sulfide) groups is 1. The van der Waals surface area contributed by atoms with E-state index in [1.807, 2.05) is 24.3 Å². The van der Waals surface area contributed by atoms with Crippen LogP contribution in [0.15, 0.2) is 33.7 Å². The predicted octanol–water partition coefficient (Wildman–Crippen LogP) is 2.30. The van der Waals surface area contributed by atoms with Crippen molar-refractivity contribution in [2.45, 2.75) is 0 Å². The maximum atomic E-state index is 10.9. The van der Waals surface area contributed by atoms with Crippen LogP contribution in [0.25, 0.3) is 0 Å². The van der Waals surface area contributed by atoms with Crippen molar-refractivity contribution < 1.29 is 4.79 Å². The van der Waals surface area contributed by atoms with Crippen molar-refractivity contribution in [1.29, 1.82) is 0 Å². The van der Waals surface area contributed by atoms with Gasteiger partial charge >= 0.3 is 0 Å². The van der Waals surface area contributed by atoms with Gasteiger partial charge in [-0.15, -0.1) is 0 Å². The SMILES string of the molecule is O=C1CSC(=Nc2cccc(Br)c2)N1. The molecule has 0 aliphatic carbocycles. The average molecular weight is 271 g/mol. The van der Waals surface area contributed by atoms with Gasteiger partial charge in [0.15, 0.2) is 5.17 Å². The summed E-state index contributed by atoms with van der Waals surface area (Å²) in [5, 5.41) is 3.35. The van der Waals surface area contributed by atoms with Crippen molar-refractivity contribution in [3.63, 3.8) is 0 Å². The summed E-state index contributed by atoms with van der Waals surface area (Å²) in [7, 11) is 0. The molecule has 1 aliphatic heterocycles. The second-order valence-corrected chi connectivity index (χ2v) is 4.61. The van der Waals surface area contributed by atoms with Crippen molar-refractivity contribution in [3.05, 3.63) is 28.7 Å². The number of halogens is 1. The van der Waals surface area contributed by atoms with Gasteiger partial charge in [0.05, 0.1) is 11.4 Å². The highest BCUT2D eigenvalue weighted by Gasteiger charge is 2.16. The lowest BCUT2D eigenvalue weighted by atomic mass is 10.3. The first-order chi connectivity index (χ1) is 6.74. The summed E-state index contributed by atoms with van der Waals surface area (Å²) in [6.45, 7) is 0. The summed E-state index contributed by atoms with van der Waals surface area (Å²) in [6, 6.07) is 7.63. The Balaban J connectivity index is 2.21. The molecule has 1 amide bonds. The zero-order valence-corrected chi connectivity index (χ0v) is 9.56. The number of carbonyl (C=O) groups excluding carboxylic acids is 1. The molecule has 0 aromatic heterocycles. The van der Waals surface area contributed by atoms with E-state index in [-0.39, 0.29) is 5.91 Å². The number of nitrogens with zero attached hydrogens (tertiary/aromatic N) is 1. The summed E-state index contributed by atoms with van der Waals surface area (Å²) in [4.78, 5) is 15.2. The number of hydrogen-bond donors (Lipinski definition) is 1. The Kier molecular flexibility index (Phi) is 2.88. The van der Waals surface area contributed by atoms with Crippen molar-refractivity contribution >= 4 is 44.5 Å². The average Bonchev–Trinajstić information content (AvgIpc) is 2.51. The molecular weight excluding hydrogens is 264 g/mol. The van der Waals surface area contributed by atoms with Gasteiger partial charge < -0.3 is 5.32 Å². The van der Waals surface area contributed by atoms with E-state index in [9.17, 15) is 4.79 Å². The molecule has 0 radical (unpaired) electrons. The molecule has 0 saturated carbocycles. The molecular formula is C9H7BrN2OS. The summed E-state index contributed by atoms with van der Waals surface area (Å²) in [5.74, 6) is 0.482. The van der Waals surface area contributed by atoms with Crippen molar-refractivity contribution in [2.24, 2.45) is 4.99 Å². The molecule has 72 valence electrons. The fourth-order valence-corrected chi connectivity index (χ4v) is 2.13. The molecule has 5 heteroatoms. The number of carbonyl (C=O) groups is 1. The molecule has 0 atom stereocenters. The minimum absolute atomic E-state index is 0.0174. The number of aliphatic imine (C=N–C) groups is 1. The van der Waals surface area contributed by atoms with Gasteiger partial charge in [0.2, 0.25) is 5.91 Å². The molecule has 1 aromatic carbocycles. The van der Waals surface area contributed by atoms with E-state index in [2.05, 4.69) is 26.2 Å². The fraction of sp³-hybridized carbons (Fsp3) is 0.111. The first-order valence-electron chi connectivity index (χ1n) is 4.01. The predicted molar refractivity (Wildman–Crippen MR) is 61.8 cm³/mol. The molecule has 1 saturated heterocycles. The number of nitrogens with one attached hydrogen (secondary N) is 1. The lowest BCUT2D eigenvalue weighted by Crippen LogP contribution is -2.19. The van der Waals surface area contributed by atoms with Gasteiger partial charge in [-0.1, -0.05) is 33.8 Å². The number of hydrogen-bond acceptors (Lipinski definition) is 3. The Labute approximate surface area is 94.1 Å². The molecule has 1 fully saturated rings. The van der Waals surface area contributed by atoms with E-state index < -0.39 is 0 Å². The summed E-state index contributed by atoms with van der Waals surface area (Å²) < 4.78 is 0.980. The first-order valence-corrected chi connectivity index (χ1v) is 5.79.